The molecule has 0 bridgehead atoms. The van der Waals surface area contributed by atoms with E-state index in [-0.39, 0.29) is 22.6 Å². The highest BCUT2D eigenvalue weighted by Gasteiger charge is 2.35. The molecule has 0 aliphatic rings. The Balaban J connectivity index is 2.21. The van der Waals surface area contributed by atoms with Gasteiger partial charge in [0.05, 0.1) is 5.69 Å². The fourth-order valence-corrected chi connectivity index (χ4v) is 3.70. The number of hydrogen-bond acceptors (Lipinski definition) is 4. The fourth-order valence-electron chi connectivity index (χ4n) is 3.70. The summed E-state index contributed by atoms with van der Waals surface area (Å²) >= 11 is 0. The largest absolute Gasteiger partial charge is 0.396 e. The third-order valence-electron chi connectivity index (χ3n) is 5.48. The lowest BCUT2D eigenvalue weighted by atomic mass is 9.87. The number of benzene rings is 2. The zero-order valence-electron chi connectivity index (χ0n) is 21.1. The molecule has 1 unspecified atom stereocenters. The number of anilines is 2. The minimum absolute atomic E-state index is 0.0584. The van der Waals surface area contributed by atoms with Crippen molar-refractivity contribution in [2.45, 2.75) is 58.5 Å². The summed E-state index contributed by atoms with van der Waals surface area (Å²) < 4.78 is 14.3. The average molecular weight is 477 g/mol. The number of nitrogens with zero attached hydrogens (tertiary/aromatic N) is 2. The molecule has 6 nitrogen and oxygen atoms in total. The number of hydrogen-bond donors (Lipinski definition) is 2. The molecule has 1 aromatic heterocycles. The number of nitrogens with two attached hydrogens (primary N) is 1. The van der Waals surface area contributed by atoms with Crippen LogP contribution in [-0.2, 0) is 10.2 Å². The van der Waals surface area contributed by atoms with Crippen LogP contribution in [0.15, 0.2) is 67.0 Å². The molecule has 35 heavy (non-hydrogen) atoms. The highest BCUT2D eigenvalue weighted by molar-refractivity contribution is 6.10. The lowest BCUT2D eigenvalue weighted by molar-refractivity contribution is -0.123. The number of amides is 2. The quantitative estimate of drug-likeness (QED) is 0.483. The van der Waals surface area contributed by atoms with Crippen LogP contribution >= 0.6 is 0 Å². The van der Waals surface area contributed by atoms with Crippen LogP contribution in [0.1, 0.15) is 69.1 Å². The zero-order chi connectivity index (χ0) is 26.0. The molecule has 0 aliphatic heterocycles. The molecule has 2 amide bonds. The standard InChI is InChI=1S/C28H33FN4O2/c1-27(2,3)20-10-12-21(13-11-20)33(26(35)18-9-14-23(30)22(29)16-18)24(19-8-7-15-31-17-19)25(34)32-28(4,5)6/h7-17,24H,30H2,1-6H3,(H,32,34). The molecule has 0 radical (unpaired) electrons. The number of pyridine rings is 1. The van der Waals surface area contributed by atoms with E-state index in [1.807, 2.05) is 32.9 Å². The molecule has 0 spiro atoms. The predicted octanol–water partition coefficient (Wildman–Crippen LogP) is 5.40. The van der Waals surface area contributed by atoms with E-state index in [2.05, 4.69) is 31.1 Å². The second-order valence-electron chi connectivity index (χ2n) is 10.6. The SMILES string of the molecule is CC(C)(C)NC(=O)C(c1cccnc1)N(C(=O)c1ccc(N)c(F)c1)c1ccc(C(C)(C)C)cc1. The Hall–Kier alpha value is -3.74. The maximum atomic E-state index is 14.3. The van der Waals surface area contributed by atoms with Crippen LogP contribution < -0.4 is 16.0 Å². The minimum Gasteiger partial charge on any atom is -0.396 e. The minimum atomic E-state index is -1.04. The number of halogens is 1. The molecule has 3 rings (SSSR count). The summed E-state index contributed by atoms with van der Waals surface area (Å²) in [7, 11) is 0. The van der Waals surface area contributed by atoms with E-state index >= 15 is 0 Å². The van der Waals surface area contributed by atoms with Gasteiger partial charge < -0.3 is 11.1 Å². The fraction of sp³-hybridized carbons (Fsp3) is 0.321. The molecule has 0 fully saturated rings. The van der Waals surface area contributed by atoms with Gasteiger partial charge in [-0.2, -0.15) is 0 Å². The lowest BCUT2D eigenvalue weighted by Gasteiger charge is -2.34. The molecule has 1 atom stereocenters. The maximum Gasteiger partial charge on any atom is 0.259 e. The summed E-state index contributed by atoms with van der Waals surface area (Å²) in [6.45, 7) is 11.9. The van der Waals surface area contributed by atoms with Crippen LogP contribution in [0.5, 0.6) is 0 Å². The number of aromatic nitrogens is 1. The molecule has 1 heterocycles. The van der Waals surface area contributed by atoms with Crippen molar-refractivity contribution in [1.82, 2.24) is 10.3 Å². The van der Waals surface area contributed by atoms with Gasteiger partial charge in [-0.05, 0) is 68.1 Å². The highest BCUT2D eigenvalue weighted by Crippen LogP contribution is 2.32. The Morgan fingerprint density at radius 3 is 2.17 bits per heavy atom. The molecule has 184 valence electrons. The van der Waals surface area contributed by atoms with Crippen molar-refractivity contribution in [3.63, 3.8) is 0 Å². The molecule has 3 aromatic rings. The Bertz CT molecular complexity index is 1200. The van der Waals surface area contributed by atoms with Gasteiger partial charge in [-0.15, -0.1) is 0 Å². The predicted molar refractivity (Wildman–Crippen MR) is 138 cm³/mol. The average Bonchev–Trinajstić information content (AvgIpc) is 2.77. The first kappa shape index (κ1) is 25.9. The van der Waals surface area contributed by atoms with Crippen LogP contribution in [0.2, 0.25) is 0 Å². The van der Waals surface area contributed by atoms with E-state index in [9.17, 15) is 14.0 Å². The van der Waals surface area contributed by atoms with E-state index in [4.69, 9.17) is 5.73 Å². The molecule has 0 aliphatic carbocycles. The lowest BCUT2D eigenvalue weighted by Crippen LogP contribution is -2.49. The normalized spacial score (nSPS) is 12.7. The van der Waals surface area contributed by atoms with Gasteiger partial charge in [0.2, 0.25) is 5.91 Å². The Kier molecular flexibility index (Phi) is 7.29. The number of nitrogens with one attached hydrogen (secondary N) is 1. The second-order valence-corrected chi connectivity index (χ2v) is 10.6. The Labute approximate surface area is 206 Å². The van der Waals surface area contributed by atoms with Crippen molar-refractivity contribution in [1.29, 1.82) is 0 Å². The zero-order valence-corrected chi connectivity index (χ0v) is 21.1. The van der Waals surface area contributed by atoms with Gasteiger partial charge in [0.1, 0.15) is 11.9 Å². The van der Waals surface area contributed by atoms with Crippen molar-refractivity contribution in [3.8, 4) is 0 Å². The van der Waals surface area contributed by atoms with Crippen molar-refractivity contribution in [2.24, 2.45) is 0 Å². The van der Waals surface area contributed by atoms with Gasteiger partial charge in [-0.1, -0.05) is 39.0 Å². The van der Waals surface area contributed by atoms with Crippen LogP contribution in [0, 0.1) is 5.82 Å². The molecule has 0 saturated heterocycles. The first-order valence-corrected chi connectivity index (χ1v) is 11.5. The number of carbonyl (C=O) groups excluding carboxylic acids is 2. The summed E-state index contributed by atoms with van der Waals surface area (Å²) in [5, 5.41) is 2.98. The van der Waals surface area contributed by atoms with Crippen LogP contribution in [0.25, 0.3) is 0 Å². The first-order chi connectivity index (χ1) is 16.3. The maximum absolute atomic E-state index is 14.3. The van der Waals surface area contributed by atoms with Gasteiger partial charge >= 0.3 is 0 Å². The van der Waals surface area contributed by atoms with E-state index < -0.39 is 23.3 Å². The molecule has 7 heteroatoms. The van der Waals surface area contributed by atoms with Crippen LogP contribution in [0.3, 0.4) is 0 Å². The van der Waals surface area contributed by atoms with E-state index in [1.165, 1.54) is 17.0 Å². The van der Waals surface area contributed by atoms with Crippen molar-refractivity contribution in [3.05, 3.63) is 89.5 Å². The summed E-state index contributed by atoms with van der Waals surface area (Å²) in [4.78, 5) is 33.1. The van der Waals surface area contributed by atoms with Crippen molar-refractivity contribution in [2.75, 3.05) is 10.6 Å². The van der Waals surface area contributed by atoms with Crippen molar-refractivity contribution >= 4 is 23.2 Å². The van der Waals surface area contributed by atoms with Crippen LogP contribution in [-0.4, -0.2) is 22.3 Å². The number of nitrogen functional groups attached to an aromatic ring is 1. The van der Waals surface area contributed by atoms with E-state index in [1.54, 1.807) is 36.7 Å². The molecule has 2 aromatic carbocycles. The van der Waals surface area contributed by atoms with Gasteiger partial charge in [-0.25, -0.2) is 4.39 Å². The first-order valence-electron chi connectivity index (χ1n) is 11.5. The Morgan fingerprint density at radius 2 is 1.66 bits per heavy atom. The van der Waals surface area contributed by atoms with Gasteiger partial charge in [0.25, 0.3) is 5.91 Å². The third-order valence-corrected chi connectivity index (χ3v) is 5.48. The molecular weight excluding hydrogens is 443 g/mol. The number of rotatable bonds is 5. The summed E-state index contributed by atoms with van der Waals surface area (Å²) in [5.74, 6) is -1.61. The smallest absolute Gasteiger partial charge is 0.259 e. The monoisotopic (exact) mass is 476 g/mol. The molecule has 0 saturated carbocycles. The second kappa shape index (κ2) is 9.86. The summed E-state index contributed by atoms with van der Waals surface area (Å²) in [6, 6.07) is 13.8. The van der Waals surface area contributed by atoms with Gasteiger partial charge in [0.15, 0.2) is 0 Å². The topological polar surface area (TPSA) is 88.3 Å². The number of carbonyl (C=O) groups is 2. The highest BCUT2D eigenvalue weighted by atomic mass is 19.1. The third kappa shape index (κ3) is 6.23. The van der Waals surface area contributed by atoms with Crippen LogP contribution in [0.4, 0.5) is 15.8 Å². The Morgan fingerprint density at radius 1 is 1.00 bits per heavy atom. The van der Waals surface area contributed by atoms with Gasteiger partial charge in [-0.3, -0.25) is 19.5 Å². The summed E-state index contributed by atoms with van der Waals surface area (Å²) in [5.41, 5.74) is 7.10. The molecular formula is C28H33FN4O2. The molecule has 3 N–H and O–H groups in total. The van der Waals surface area contributed by atoms with E-state index in [0.29, 0.717) is 11.3 Å². The van der Waals surface area contributed by atoms with Gasteiger partial charge in [0, 0.05) is 34.7 Å². The summed E-state index contributed by atoms with van der Waals surface area (Å²) in [6.07, 6.45) is 3.15. The van der Waals surface area contributed by atoms with E-state index in [0.717, 1.165) is 11.6 Å². The van der Waals surface area contributed by atoms with Crippen molar-refractivity contribution < 1.29 is 14.0 Å².